The van der Waals surface area contributed by atoms with Gasteiger partial charge in [0.15, 0.2) is 0 Å². The van der Waals surface area contributed by atoms with Crippen molar-refractivity contribution >= 4 is 29.3 Å². The number of carbonyl (C=O) groups excluding carboxylic acids is 1. The predicted molar refractivity (Wildman–Crippen MR) is 139 cm³/mol. The predicted octanol–water partition coefficient (Wildman–Crippen LogP) is 4.27. The lowest BCUT2D eigenvalue weighted by Gasteiger charge is -2.34. The van der Waals surface area contributed by atoms with Gasteiger partial charge in [0.05, 0.1) is 24.9 Å². The maximum absolute atomic E-state index is 13.0. The van der Waals surface area contributed by atoms with Crippen LogP contribution in [0.5, 0.6) is 17.4 Å². The summed E-state index contributed by atoms with van der Waals surface area (Å²) in [5.41, 5.74) is 2.38. The molecule has 1 fully saturated rings. The maximum atomic E-state index is 13.0. The average molecular weight is 509 g/mol. The lowest BCUT2D eigenvalue weighted by molar-refractivity contribution is 0.205. The van der Waals surface area contributed by atoms with Crippen LogP contribution in [0.1, 0.15) is 11.3 Å². The molecule has 1 aromatic heterocycles. The van der Waals surface area contributed by atoms with E-state index >= 15 is 0 Å². The second kappa shape index (κ2) is 10.6. The van der Waals surface area contributed by atoms with E-state index in [4.69, 9.17) is 31.0 Å². The van der Waals surface area contributed by atoms with Crippen molar-refractivity contribution in [3.63, 3.8) is 0 Å². The van der Waals surface area contributed by atoms with E-state index in [-0.39, 0.29) is 6.03 Å². The van der Waals surface area contributed by atoms with Crippen molar-refractivity contribution in [3.8, 4) is 17.4 Å². The Balaban J connectivity index is 1.42. The standard InChI is InChI=1S/C26H29ClN6O3/c1-31-12-14-32(15-13-31)25-29-23-10-11-33(26(34)28-19-5-3-4-18(27)16-19)17-22(23)24(30-25)36-21-8-6-20(35-2)7-9-21/h3-9,16H,10-15,17H2,1-2H3,(H,28,34). The van der Waals surface area contributed by atoms with Crippen LogP contribution in [-0.2, 0) is 13.0 Å². The van der Waals surface area contributed by atoms with E-state index in [1.54, 1.807) is 30.2 Å². The number of rotatable bonds is 5. The second-order valence-corrected chi connectivity index (χ2v) is 9.37. The fraction of sp³-hybridized carbons (Fsp3) is 0.346. The van der Waals surface area contributed by atoms with Crippen LogP contribution >= 0.6 is 11.6 Å². The minimum Gasteiger partial charge on any atom is -0.497 e. The highest BCUT2D eigenvalue weighted by molar-refractivity contribution is 6.30. The first-order chi connectivity index (χ1) is 17.5. The number of anilines is 2. The van der Waals surface area contributed by atoms with Crippen molar-refractivity contribution in [1.29, 1.82) is 0 Å². The summed E-state index contributed by atoms with van der Waals surface area (Å²) in [6, 6.07) is 14.3. The van der Waals surface area contributed by atoms with E-state index in [0.29, 0.717) is 47.8 Å². The summed E-state index contributed by atoms with van der Waals surface area (Å²) < 4.78 is 11.5. The average Bonchev–Trinajstić information content (AvgIpc) is 2.89. The van der Waals surface area contributed by atoms with E-state index < -0.39 is 0 Å². The van der Waals surface area contributed by atoms with Gasteiger partial charge in [0.25, 0.3) is 0 Å². The molecule has 3 aromatic rings. The minimum absolute atomic E-state index is 0.207. The molecule has 0 saturated carbocycles. The molecule has 10 heteroatoms. The molecule has 2 aromatic carbocycles. The first-order valence-corrected chi connectivity index (χ1v) is 12.3. The molecule has 5 rings (SSSR count). The molecule has 0 radical (unpaired) electrons. The van der Waals surface area contributed by atoms with Crippen LogP contribution in [0, 0.1) is 0 Å². The highest BCUT2D eigenvalue weighted by Gasteiger charge is 2.28. The Hall–Kier alpha value is -3.56. The van der Waals surface area contributed by atoms with Crippen LogP contribution in [0.25, 0.3) is 0 Å². The smallest absolute Gasteiger partial charge is 0.322 e. The van der Waals surface area contributed by atoms with Crippen molar-refractivity contribution in [2.45, 2.75) is 13.0 Å². The zero-order chi connectivity index (χ0) is 25.1. The number of halogens is 1. The SMILES string of the molecule is COc1ccc(Oc2nc(N3CCN(C)CC3)nc3c2CN(C(=O)Nc2cccc(Cl)c2)CC3)cc1. The monoisotopic (exact) mass is 508 g/mol. The van der Waals surface area contributed by atoms with Gasteiger partial charge in [-0.2, -0.15) is 4.98 Å². The second-order valence-electron chi connectivity index (χ2n) is 8.93. The molecule has 1 N–H and O–H groups in total. The summed E-state index contributed by atoms with van der Waals surface area (Å²) >= 11 is 6.07. The van der Waals surface area contributed by atoms with Crippen molar-refractivity contribution in [2.75, 3.05) is 57.1 Å². The van der Waals surface area contributed by atoms with E-state index in [1.165, 1.54) is 0 Å². The molecule has 0 atom stereocenters. The molecule has 0 aliphatic carbocycles. The van der Waals surface area contributed by atoms with Crippen molar-refractivity contribution in [3.05, 3.63) is 64.8 Å². The van der Waals surface area contributed by atoms with Gasteiger partial charge in [0.1, 0.15) is 11.5 Å². The number of piperazine rings is 1. The first kappa shape index (κ1) is 24.1. The van der Waals surface area contributed by atoms with E-state index in [0.717, 1.165) is 43.2 Å². The number of likely N-dealkylation sites (N-methyl/N-ethyl adjacent to an activating group) is 1. The molecule has 1 saturated heterocycles. The van der Waals surface area contributed by atoms with Gasteiger partial charge in [0.2, 0.25) is 11.8 Å². The number of amides is 2. The number of methoxy groups -OCH3 is 1. The number of aromatic nitrogens is 2. The van der Waals surface area contributed by atoms with Gasteiger partial charge >= 0.3 is 6.03 Å². The van der Waals surface area contributed by atoms with E-state index in [1.807, 2.05) is 30.3 Å². The summed E-state index contributed by atoms with van der Waals surface area (Å²) in [5, 5.41) is 3.49. The van der Waals surface area contributed by atoms with E-state index in [2.05, 4.69) is 22.2 Å². The van der Waals surface area contributed by atoms with Crippen LogP contribution in [0.4, 0.5) is 16.4 Å². The van der Waals surface area contributed by atoms with Gasteiger partial charge in [0, 0.05) is 49.9 Å². The number of nitrogens with one attached hydrogen (secondary N) is 1. The number of benzene rings is 2. The third-order valence-electron chi connectivity index (χ3n) is 6.43. The maximum Gasteiger partial charge on any atom is 0.322 e. The Bertz CT molecular complexity index is 1230. The molecule has 2 amide bonds. The van der Waals surface area contributed by atoms with Crippen molar-refractivity contribution < 1.29 is 14.3 Å². The molecule has 3 heterocycles. The summed E-state index contributed by atoms with van der Waals surface area (Å²) in [6.45, 7) is 4.49. The quantitative estimate of drug-likeness (QED) is 0.551. The molecular weight excluding hydrogens is 480 g/mol. The largest absolute Gasteiger partial charge is 0.497 e. The van der Waals surface area contributed by atoms with Crippen LogP contribution in [-0.4, -0.2) is 72.7 Å². The number of hydrogen-bond acceptors (Lipinski definition) is 7. The van der Waals surface area contributed by atoms with Gasteiger partial charge < -0.3 is 29.5 Å². The third kappa shape index (κ3) is 5.47. The molecule has 2 aliphatic heterocycles. The summed E-state index contributed by atoms with van der Waals surface area (Å²) in [4.78, 5) is 29.0. The molecular formula is C26H29ClN6O3. The third-order valence-corrected chi connectivity index (χ3v) is 6.67. The molecule has 0 unspecified atom stereocenters. The first-order valence-electron chi connectivity index (χ1n) is 11.9. The number of fused-ring (bicyclic) bond motifs is 1. The number of ether oxygens (including phenoxy) is 2. The number of urea groups is 1. The summed E-state index contributed by atoms with van der Waals surface area (Å²) in [5.74, 6) is 2.53. The van der Waals surface area contributed by atoms with Gasteiger partial charge in [-0.15, -0.1) is 0 Å². The van der Waals surface area contributed by atoms with Crippen LogP contribution < -0.4 is 19.7 Å². The topological polar surface area (TPSA) is 83.1 Å². The normalized spacial score (nSPS) is 15.9. The molecule has 0 spiro atoms. The number of nitrogens with zero attached hydrogens (tertiary/aromatic N) is 5. The highest BCUT2D eigenvalue weighted by atomic mass is 35.5. The molecule has 2 aliphatic rings. The zero-order valence-corrected chi connectivity index (χ0v) is 21.2. The van der Waals surface area contributed by atoms with Crippen LogP contribution in [0.2, 0.25) is 5.02 Å². The molecule has 188 valence electrons. The lowest BCUT2D eigenvalue weighted by atomic mass is 10.1. The summed E-state index contributed by atoms with van der Waals surface area (Å²) in [6.07, 6.45) is 0.612. The Morgan fingerprint density at radius 2 is 1.75 bits per heavy atom. The Labute approximate surface area is 215 Å². The zero-order valence-electron chi connectivity index (χ0n) is 20.4. The molecule has 36 heavy (non-hydrogen) atoms. The fourth-order valence-corrected chi connectivity index (χ4v) is 4.49. The number of carbonyl (C=O) groups is 1. The van der Waals surface area contributed by atoms with Crippen LogP contribution in [0.15, 0.2) is 48.5 Å². The van der Waals surface area contributed by atoms with Crippen molar-refractivity contribution in [1.82, 2.24) is 19.8 Å². The lowest BCUT2D eigenvalue weighted by Crippen LogP contribution is -2.45. The Kier molecular flexibility index (Phi) is 7.11. The van der Waals surface area contributed by atoms with Gasteiger partial charge in [-0.25, -0.2) is 9.78 Å². The van der Waals surface area contributed by atoms with Gasteiger partial charge in [-0.05, 0) is 49.5 Å². The van der Waals surface area contributed by atoms with Gasteiger partial charge in [-0.3, -0.25) is 0 Å². The van der Waals surface area contributed by atoms with E-state index in [9.17, 15) is 4.79 Å². The number of hydrogen-bond donors (Lipinski definition) is 1. The molecule has 0 bridgehead atoms. The van der Waals surface area contributed by atoms with Crippen LogP contribution in [0.3, 0.4) is 0 Å². The Morgan fingerprint density at radius 3 is 2.47 bits per heavy atom. The van der Waals surface area contributed by atoms with Gasteiger partial charge in [-0.1, -0.05) is 17.7 Å². The fourth-order valence-electron chi connectivity index (χ4n) is 4.30. The van der Waals surface area contributed by atoms with Crippen molar-refractivity contribution in [2.24, 2.45) is 0 Å². The minimum atomic E-state index is -0.207. The Morgan fingerprint density at radius 1 is 1.00 bits per heavy atom. The summed E-state index contributed by atoms with van der Waals surface area (Å²) in [7, 11) is 3.74. The highest BCUT2D eigenvalue weighted by Crippen LogP contribution is 2.32. The molecule has 9 nitrogen and oxygen atoms in total.